The molecule has 3 fully saturated rings. The van der Waals surface area contributed by atoms with Gasteiger partial charge in [0.2, 0.25) is 5.91 Å². The SMILES string of the molecule is O=C1NC(=O)C(CC(=O)N2CCC(c3ccc(-c4ccccc4)cc3)CC2)(C2CC(O)CCN2)N1. The standard InChI is InChI=1S/C27H32N4O4/c32-22-10-13-28-23(16-22)27(25(34)29-26(35)30-27)17-24(33)31-14-11-21(12-15-31)20-8-6-19(7-9-20)18-4-2-1-3-5-18/h1-9,21-23,28,32H,10-17H2,(H2,29,30,34,35). The topological polar surface area (TPSA) is 111 Å². The largest absolute Gasteiger partial charge is 0.393 e. The average Bonchev–Trinajstić information content (AvgIpc) is 3.18. The fourth-order valence-electron chi connectivity index (χ4n) is 5.66. The van der Waals surface area contributed by atoms with Gasteiger partial charge in [0.1, 0.15) is 5.54 Å². The normalized spacial score (nSPS) is 27.4. The minimum atomic E-state index is -1.38. The van der Waals surface area contributed by atoms with E-state index in [0.717, 1.165) is 12.8 Å². The van der Waals surface area contributed by atoms with E-state index >= 15 is 0 Å². The summed E-state index contributed by atoms with van der Waals surface area (Å²) in [5.41, 5.74) is 2.28. The molecule has 35 heavy (non-hydrogen) atoms. The first-order valence-corrected chi connectivity index (χ1v) is 12.4. The smallest absolute Gasteiger partial charge is 0.322 e. The van der Waals surface area contributed by atoms with Crippen LogP contribution in [-0.4, -0.2) is 65.2 Å². The maximum atomic E-state index is 13.3. The number of aliphatic hydroxyl groups excluding tert-OH is 1. The van der Waals surface area contributed by atoms with Crippen molar-refractivity contribution in [3.63, 3.8) is 0 Å². The Morgan fingerprint density at radius 3 is 2.29 bits per heavy atom. The van der Waals surface area contributed by atoms with Crippen molar-refractivity contribution in [2.75, 3.05) is 19.6 Å². The Labute approximate surface area is 205 Å². The van der Waals surface area contributed by atoms with Crippen LogP contribution in [0.5, 0.6) is 0 Å². The Morgan fingerprint density at radius 2 is 1.66 bits per heavy atom. The van der Waals surface area contributed by atoms with Crippen molar-refractivity contribution in [2.45, 2.75) is 55.7 Å². The van der Waals surface area contributed by atoms with Gasteiger partial charge in [-0.3, -0.25) is 14.9 Å². The molecular weight excluding hydrogens is 444 g/mol. The maximum absolute atomic E-state index is 13.3. The molecule has 3 saturated heterocycles. The van der Waals surface area contributed by atoms with Crippen LogP contribution in [0.3, 0.4) is 0 Å². The molecule has 8 heteroatoms. The maximum Gasteiger partial charge on any atom is 0.322 e. The van der Waals surface area contributed by atoms with E-state index in [1.54, 1.807) is 4.90 Å². The number of imide groups is 1. The Kier molecular flexibility index (Phi) is 6.58. The van der Waals surface area contributed by atoms with Gasteiger partial charge in [-0.25, -0.2) is 4.79 Å². The van der Waals surface area contributed by atoms with Crippen molar-refractivity contribution >= 4 is 17.8 Å². The van der Waals surface area contributed by atoms with Crippen molar-refractivity contribution < 1.29 is 19.5 Å². The van der Waals surface area contributed by atoms with Crippen LogP contribution in [0, 0.1) is 0 Å². The van der Waals surface area contributed by atoms with Gasteiger partial charge in [-0.1, -0.05) is 54.6 Å². The molecule has 5 rings (SSSR count). The number of carbonyl (C=O) groups excluding carboxylic acids is 3. The van der Waals surface area contributed by atoms with Crippen LogP contribution < -0.4 is 16.0 Å². The van der Waals surface area contributed by atoms with Crippen LogP contribution in [-0.2, 0) is 9.59 Å². The quantitative estimate of drug-likeness (QED) is 0.494. The summed E-state index contributed by atoms with van der Waals surface area (Å²) in [6.45, 7) is 1.74. The van der Waals surface area contributed by atoms with Crippen molar-refractivity contribution in [1.82, 2.24) is 20.9 Å². The molecule has 0 bridgehead atoms. The Morgan fingerprint density at radius 1 is 0.971 bits per heavy atom. The summed E-state index contributed by atoms with van der Waals surface area (Å²) in [4.78, 5) is 39.9. The lowest BCUT2D eigenvalue weighted by Gasteiger charge is -2.40. The fourth-order valence-corrected chi connectivity index (χ4v) is 5.66. The molecule has 3 atom stereocenters. The molecule has 3 unspecified atom stereocenters. The van der Waals surface area contributed by atoms with Gasteiger partial charge in [-0.2, -0.15) is 0 Å². The Bertz CT molecular complexity index is 1080. The number of carbonyl (C=O) groups is 3. The van der Waals surface area contributed by atoms with E-state index < -0.39 is 29.6 Å². The van der Waals surface area contributed by atoms with Gasteiger partial charge in [-0.15, -0.1) is 0 Å². The molecule has 4 N–H and O–H groups in total. The number of benzene rings is 2. The first kappa shape index (κ1) is 23.5. The molecule has 0 spiro atoms. The number of nitrogens with zero attached hydrogens (tertiary/aromatic N) is 1. The number of nitrogens with one attached hydrogen (secondary N) is 3. The van der Waals surface area contributed by atoms with Crippen LogP contribution >= 0.6 is 0 Å². The number of piperidine rings is 2. The Hall–Kier alpha value is -3.23. The summed E-state index contributed by atoms with van der Waals surface area (Å²) in [5.74, 6) is -0.277. The predicted molar refractivity (Wildman–Crippen MR) is 131 cm³/mol. The average molecular weight is 477 g/mol. The fraction of sp³-hybridized carbons (Fsp3) is 0.444. The van der Waals surface area contributed by atoms with Crippen molar-refractivity contribution in [3.05, 3.63) is 60.2 Å². The van der Waals surface area contributed by atoms with Crippen LogP contribution in [0.15, 0.2) is 54.6 Å². The van der Waals surface area contributed by atoms with E-state index in [1.165, 1.54) is 16.7 Å². The monoisotopic (exact) mass is 476 g/mol. The highest BCUT2D eigenvalue weighted by Gasteiger charge is 2.54. The van der Waals surface area contributed by atoms with Gasteiger partial charge in [0.15, 0.2) is 0 Å². The zero-order valence-corrected chi connectivity index (χ0v) is 19.7. The minimum absolute atomic E-state index is 0.120. The second-order valence-electron chi connectivity index (χ2n) is 9.88. The van der Waals surface area contributed by atoms with Gasteiger partial charge in [-0.05, 0) is 54.8 Å². The molecule has 4 amide bonds. The molecule has 184 valence electrons. The summed E-state index contributed by atoms with van der Waals surface area (Å²) < 4.78 is 0. The number of hydrogen-bond donors (Lipinski definition) is 4. The van der Waals surface area contributed by atoms with E-state index in [2.05, 4.69) is 52.3 Å². The molecule has 0 aromatic heterocycles. The third-order valence-corrected chi connectivity index (χ3v) is 7.71. The predicted octanol–water partition coefficient (Wildman–Crippen LogP) is 2.14. The van der Waals surface area contributed by atoms with Crippen molar-refractivity contribution in [2.24, 2.45) is 0 Å². The number of aliphatic hydroxyl groups is 1. The molecule has 3 aliphatic heterocycles. The van der Waals surface area contributed by atoms with E-state index in [-0.39, 0.29) is 12.3 Å². The first-order valence-electron chi connectivity index (χ1n) is 12.4. The van der Waals surface area contributed by atoms with E-state index in [1.807, 2.05) is 18.2 Å². The minimum Gasteiger partial charge on any atom is -0.393 e. The molecule has 8 nitrogen and oxygen atoms in total. The summed E-state index contributed by atoms with van der Waals surface area (Å²) in [5, 5.41) is 18.4. The molecule has 0 aliphatic carbocycles. The van der Waals surface area contributed by atoms with Crippen molar-refractivity contribution in [3.8, 4) is 11.1 Å². The number of amides is 4. The number of hydrogen-bond acceptors (Lipinski definition) is 5. The van der Waals surface area contributed by atoms with Gasteiger partial charge < -0.3 is 20.6 Å². The molecule has 2 aromatic carbocycles. The second-order valence-corrected chi connectivity index (χ2v) is 9.88. The van der Waals surface area contributed by atoms with Crippen LogP contribution in [0.25, 0.3) is 11.1 Å². The lowest BCUT2D eigenvalue weighted by atomic mass is 9.80. The zero-order valence-electron chi connectivity index (χ0n) is 19.7. The molecule has 0 saturated carbocycles. The highest BCUT2D eigenvalue weighted by Crippen LogP contribution is 2.32. The Balaban J connectivity index is 1.22. The van der Waals surface area contributed by atoms with Gasteiger partial charge in [0, 0.05) is 19.1 Å². The lowest BCUT2D eigenvalue weighted by Crippen LogP contribution is -2.65. The third kappa shape index (κ3) is 4.81. The molecular formula is C27H32N4O4. The first-order chi connectivity index (χ1) is 16.9. The number of likely N-dealkylation sites (tertiary alicyclic amines) is 1. The van der Waals surface area contributed by atoms with Crippen LogP contribution in [0.4, 0.5) is 4.79 Å². The number of rotatable bonds is 5. The summed E-state index contributed by atoms with van der Waals surface area (Å²) in [7, 11) is 0. The van der Waals surface area contributed by atoms with Gasteiger partial charge in [0.05, 0.1) is 12.5 Å². The summed E-state index contributed by atoms with van der Waals surface area (Å²) in [6.07, 6.45) is 1.90. The van der Waals surface area contributed by atoms with Crippen LogP contribution in [0.1, 0.15) is 43.6 Å². The highest BCUT2D eigenvalue weighted by molar-refractivity contribution is 6.09. The third-order valence-electron chi connectivity index (χ3n) is 7.71. The molecule has 3 heterocycles. The van der Waals surface area contributed by atoms with E-state index in [9.17, 15) is 19.5 Å². The number of urea groups is 1. The van der Waals surface area contributed by atoms with Crippen molar-refractivity contribution in [1.29, 1.82) is 0 Å². The highest BCUT2D eigenvalue weighted by atomic mass is 16.3. The van der Waals surface area contributed by atoms with Gasteiger partial charge >= 0.3 is 6.03 Å². The molecule has 3 aliphatic rings. The summed E-state index contributed by atoms with van der Waals surface area (Å²) in [6, 6.07) is 17.8. The zero-order chi connectivity index (χ0) is 24.4. The molecule has 2 aromatic rings. The summed E-state index contributed by atoms with van der Waals surface area (Å²) >= 11 is 0. The second kappa shape index (κ2) is 9.79. The van der Waals surface area contributed by atoms with Gasteiger partial charge in [0.25, 0.3) is 5.91 Å². The lowest BCUT2D eigenvalue weighted by molar-refractivity contribution is -0.138. The van der Waals surface area contributed by atoms with E-state index in [0.29, 0.717) is 38.4 Å². The van der Waals surface area contributed by atoms with Crippen LogP contribution in [0.2, 0.25) is 0 Å². The molecule has 0 radical (unpaired) electrons. The van der Waals surface area contributed by atoms with E-state index in [4.69, 9.17) is 0 Å².